The van der Waals surface area contributed by atoms with Crippen LogP contribution in [0.5, 0.6) is 5.75 Å². The lowest BCUT2D eigenvalue weighted by Gasteiger charge is -2.07. The first-order valence-electron chi connectivity index (χ1n) is 7.83. The van der Waals surface area contributed by atoms with Crippen molar-refractivity contribution >= 4 is 11.8 Å². The highest BCUT2D eigenvalue weighted by atomic mass is 19.3. The van der Waals surface area contributed by atoms with E-state index in [1.807, 2.05) is 0 Å². The first kappa shape index (κ1) is 19.6. The van der Waals surface area contributed by atoms with Crippen LogP contribution in [-0.4, -0.2) is 35.1 Å². The molecule has 0 fully saturated rings. The molecule has 140 valence electrons. The van der Waals surface area contributed by atoms with Crippen molar-refractivity contribution < 1.29 is 33.0 Å². The predicted molar refractivity (Wildman–Crippen MR) is 88.6 cm³/mol. The molecule has 0 amide bonds. The number of aliphatic hydroxyl groups excluding tert-OH is 1. The number of carbonyl (C=O) groups is 2. The summed E-state index contributed by atoms with van der Waals surface area (Å²) in [7, 11) is 0. The van der Waals surface area contributed by atoms with E-state index in [4.69, 9.17) is 4.74 Å². The molecule has 1 heterocycles. The summed E-state index contributed by atoms with van der Waals surface area (Å²) in [5.41, 5.74) is 2.18. The maximum atomic E-state index is 12.2. The quantitative estimate of drug-likeness (QED) is 0.579. The number of H-pyrrole nitrogens is 1. The van der Waals surface area contributed by atoms with Crippen molar-refractivity contribution in [2.24, 2.45) is 0 Å². The lowest BCUT2D eigenvalue weighted by Crippen LogP contribution is -2.15. The van der Waals surface area contributed by atoms with Gasteiger partial charge in [0.2, 0.25) is 0 Å². The molecular weight excluding hydrogens is 348 g/mol. The molecule has 2 aromatic rings. The van der Waals surface area contributed by atoms with Gasteiger partial charge in [0.15, 0.2) is 12.4 Å². The molecule has 8 heteroatoms. The van der Waals surface area contributed by atoms with E-state index in [0.29, 0.717) is 16.8 Å². The van der Waals surface area contributed by atoms with E-state index in [0.717, 1.165) is 0 Å². The van der Waals surface area contributed by atoms with Crippen LogP contribution in [-0.2, 0) is 4.74 Å². The first-order chi connectivity index (χ1) is 12.2. The fraction of sp³-hybridized carbons (Fsp3) is 0.333. The second-order valence-corrected chi connectivity index (χ2v) is 5.74. The van der Waals surface area contributed by atoms with Gasteiger partial charge in [0.05, 0.1) is 6.10 Å². The minimum Gasteiger partial charge on any atom is -0.453 e. The van der Waals surface area contributed by atoms with Crippen molar-refractivity contribution in [3.63, 3.8) is 0 Å². The Hall–Kier alpha value is -2.74. The molecule has 1 atom stereocenters. The van der Waals surface area contributed by atoms with Gasteiger partial charge in [0, 0.05) is 16.8 Å². The van der Waals surface area contributed by atoms with Crippen molar-refractivity contribution in [2.75, 3.05) is 6.61 Å². The number of hydrogen-bond acceptors (Lipinski definition) is 5. The van der Waals surface area contributed by atoms with Gasteiger partial charge in [-0.15, -0.1) is 0 Å². The normalized spacial score (nSPS) is 12.1. The zero-order valence-electron chi connectivity index (χ0n) is 14.5. The number of aromatic amines is 1. The van der Waals surface area contributed by atoms with E-state index in [-0.39, 0.29) is 17.0 Å². The first-order valence-corrected chi connectivity index (χ1v) is 7.83. The van der Waals surface area contributed by atoms with Gasteiger partial charge >= 0.3 is 12.6 Å². The number of ether oxygens (including phenoxy) is 2. The maximum Gasteiger partial charge on any atom is 0.387 e. The Morgan fingerprint density at radius 1 is 1.19 bits per heavy atom. The van der Waals surface area contributed by atoms with Gasteiger partial charge in [0.25, 0.3) is 0 Å². The number of aliphatic hydroxyl groups is 1. The second-order valence-electron chi connectivity index (χ2n) is 5.74. The van der Waals surface area contributed by atoms with Gasteiger partial charge in [0.1, 0.15) is 11.4 Å². The van der Waals surface area contributed by atoms with E-state index in [1.54, 1.807) is 20.8 Å². The summed E-state index contributed by atoms with van der Waals surface area (Å²) in [6.07, 6.45) is -0.747. The molecule has 2 rings (SSSR count). The van der Waals surface area contributed by atoms with Crippen molar-refractivity contribution in [3.05, 3.63) is 52.3 Å². The summed E-state index contributed by atoms with van der Waals surface area (Å²) in [6, 6.07) is 5.08. The van der Waals surface area contributed by atoms with Crippen molar-refractivity contribution in [3.8, 4) is 5.75 Å². The van der Waals surface area contributed by atoms with Crippen LogP contribution >= 0.6 is 0 Å². The molecule has 0 unspecified atom stereocenters. The van der Waals surface area contributed by atoms with Gasteiger partial charge in [-0.1, -0.05) is 0 Å². The lowest BCUT2D eigenvalue weighted by atomic mass is 10.1. The summed E-state index contributed by atoms with van der Waals surface area (Å²) in [5, 5.41) is 9.74. The number of rotatable bonds is 7. The minimum atomic E-state index is -2.95. The largest absolute Gasteiger partial charge is 0.453 e. The number of nitrogens with one attached hydrogen (secondary N) is 1. The molecule has 0 aliphatic rings. The summed E-state index contributed by atoms with van der Waals surface area (Å²) in [4.78, 5) is 27.1. The Labute approximate surface area is 148 Å². The van der Waals surface area contributed by atoms with Gasteiger partial charge in [-0.05, 0) is 50.6 Å². The number of benzene rings is 1. The molecule has 1 aromatic carbocycles. The third-order valence-electron chi connectivity index (χ3n) is 3.85. The maximum absolute atomic E-state index is 12.2. The van der Waals surface area contributed by atoms with Crippen LogP contribution in [0.2, 0.25) is 0 Å². The highest BCUT2D eigenvalue weighted by Crippen LogP contribution is 2.25. The van der Waals surface area contributed by atoms with Crippen LogP contribution < -0.4 is 4.74 Å². The number of aromatic nitrogens is 1. The van der Waals surface area contributed by atoms with E-state index in [1.165, 1.54) is 24.3 Å². The Bertz CT molecular complexity index is 797. The summed E-state index contributed by atoms with van der Waals surface area (Å²) in [6.45, 7) is 1.53. The highest BCUT2D eigenvalue weighted by molar-refractivity contribution is 5.99. The molecule has 0 bridgehead atoms. The number of ketones is 1. The molecule has 26 heavy (non-hydrogen) atoms. The predicted octanol–water partition coefficient (Wildman–Crippen LogP) is 3.33. The molecule has 0 saturated heterocycles. The second kappa shape index (κ2) is 8.09. The molecule has 0 aliphatic carbocycles. The Morgan fingerprint density at radius 3 is 2.31 bits per heavy atom. The van der Waals surface area contributed by atoms with Crippen LogP contribution in [0.4, 0.5) is 8.78 Å². The van der Waals surface area contributed by atoms with Gasteiger partial charge in [-0.25, -0.2) is 4.79 Å². The van der Waals surface area contributed by atoms with Gasteiger partial charge in [-0.2, -0.15) is 8.78 Å². The molecule has 0 radical (unpaired) electrons. The van der Waals surface area contributed by atoms with E-state index >= 15 is 0 Å². The summed E-state index contributed by atoms with van der Waals surface area (Å²) < 4.78 is 33.4. The van der Waals surface area contributed by atoms with Crippen molar-refractivity contribution in [1.29, 1.82) is 0 Å². The van der Waals surface area contributed by atoms with Crippen LogP contribution in [0.3, 0.4) is 0 Å². The Kier molecular flexibility index (Phi) is 6.10. The zero-order chi connectivity index (χ0) is 19.4. The van der Waals surface area contributed by atoms with E-state index in [9.17, 15) is 23.5 Å². The number of aryl methyl sites for hydroxylation is 1. The smallest absolute Gasteiger partial charge is 0.387 e. The third kappa shape index (κ3) is 4.45. The standard InChI is InChI=1S/C18H19F2NO5/c1-9-15(11(3)22)10(2)21-16(9)17(24)25-8-14(23)12-4-6-13(7-5-12)26-18(19)20/h4-7,11,18,21-22H,8H2,1-3H3/t11-/m1/s1. The average molecular weight is 367 g/mol. The fourth-order valence-electron chi connectivity index (χ4n) is 2.70. The van der Waals surface area contributed by atoms with E-state index < -0.39 is 31.1 Å². The SMILES string of the molecule is Cc1[nH]c(C(=O)OCC(=O)c2ccc(OC(F)F)cc2)c(C)c1[C@@H](C)O. The fourth-order valence-corrected chi connectivity index (χ4v) is 2.70. The van der Waals surface area contributed by atoms with Gasteiger partial charge < -0.3 is 19.6 Å². The molecule has 6 nitrogen and oxygen atoms in total. The Morgan fingerprint density at radius 2 is 1.81 bits per heavy atom. The number of Topliss-reactive ketones (excluding diaryl/α,β-unsaturated/α-hetero) is 1. The van der Waals surface area contributed by atoms with Gasteiger partial charge in [-0.3, -0.25) is 4.79 Å². The average Bonchev–Trinajstić information content (AvgIpc) is 2.87. The number of halogens is 2. The van der Waals surface area contributed by atoms with Crippen LogP contribution in [0.15, 0.2) is 24.3 Å². The lowest BCUT2D eigenvalue weighted by molar-refractivity contribution is -0.0498. The number of alkyl halides is 2. The molecule has 2 N–H and O–H groups in total. The monoisotopic (exact) mass is 367 g/mol. The number of carbonyl (C=O) groups excluding carboxylic acids is 2. The molecular formula is C18H19F2NO5. The van der Waals surface area contributed by atoms with Crippen molar-refractivity contribution in [1.82, 2.24) is 4.98 Å². The van der Waals surface area contributed by atoms with Crippen LogP contribution in [0, 0.1) is 13.8 Å². The van der Waals surface area contributed by atoms with E-state index in [2.05, 4.69) is 9.72 Å². The van der Waals surface area contributed by atoms with Crippen molar-refractivity contribution in [2.45, 2.75) is 33.5 Å². The molecule has 0 saturated carbocycles. The summed E-state index contributed by atoms with van der Waals surface area (Å²) in [5.74, 6) is -1.28. The molecule has 0 aliphatic heterocycles. The number of esters is 1. The highest BCUT2D eigenvalue weighted by Gasteiger charge is 2.21. The van der Waals surface area contributed by atoms with Crippen LogP contribution in [0.1, 0.15) is 50.7 Å². The molecule has 1 aromatic heterocycles. The topological polar surface area (TPSA) is 88.6 Å². The van der Waals surface area contributed by atoms with Crippen LogP contribution in [0.25, 0.3) is 0 Å². The Balaban J connectivity index is 2.01. The zero-order valence-corrected chi connectivity index (χ0v) is 14.5. The molecule has 0 spiro atoms. The summed E-state index contributed by atoms with van der Waals surface area (Å²) >= 11 is 0. The number of hydrogen-bond donors (Lipinski definition) is 2. The third-order valence-corrected chi connectivity index (χ3v) is 3.85. The minimum absolute atomic E-state index is 0.0725.